The molecule has 18 heavy (non-hydrogen) atoms. The van der Waals surface area contributed by atoms with Crippen molar-refractivity contribution < 1.29 is 0 Å². The van der Waals surface area contributed by atoms with Crippen LogP contribution in [-0.4, -0.2) is 32.2 Å². The Bertz CT molecular complexity index is 612. The third-order valence-corrected chi connectivity index (χ3v) is 3.14. The summed E-state index contributed by atoms with van der Waals surface area (Å²) < 4.78 is 1.67. The number of nitrogens with zero attached hydrogens (tertiary/aromatic N) is 6. The van der Waals surface area contributed by atoms with Crippen molar-refractivity contribution in [2.75, 3.05) is 11.4 Å². The molecule has 2 aromatic rings. The first-order valence-electron chi connectivity index (χ1n) is 5.79. The van der Waals surface area contributed by atoms with Crippen LogP contribution in [0.1, 0.15) is 19.3 Å². The number of halogens is 1. The van der Waals surface area contributed by atoms with Gasteiger partial charge in [0, 0.05) is 18.7 Å². The second kappa shape index (κ2) is 4.42. The number of nitriles is 1. The van der Waals surface area contributed by atoms with Crippen LogP contribution in [0.15, 0.2) is 12.4 Å². The van der Waals surface area contributed by atoms with Gasteiger partial charge in [0.15, 0.2) is 0 Å². The second-order valence-corrected chi connectivity index (χ2v) is 4.63. The number of anilines is 1. The molecule has 1 aliphatic carbocycles. The van der Waals surface area contributed by atoms with Gasteiger partial charge < -0.3 is 4.90 Å². The van der Waals surface area contributed by atoms with Crippen LogP contribution >= 0.6 is 11.6 Å². The molecule has 0 saturated heterocycles. The van der Waals surface area contributed by atoms with E-state index in [1.165, 1.54) is 6.33 Å². The molecule has 1 saturated carbocycles. The first kappa shape index (κ1) is 11.2. The Morgan fingerprint density at radius 3 is 3.11 bits per heavy atom. The van der Waals surface area contributed by atoms with Crippen molar-refractivity contribution >= 4 is 23.2 Å². The summed E-state index contributed by atoms with van der Waals surface area (Å²) in [5.41, 5.74) is 0. The second-order valence-electron chi connectivity index (χ2n) is 4.24. The van der Waals surface area contributed by atoms with Crippen LogP contribution in [0.5, 0.6) is 0 Å². The molecule has 1 fully saturated rings. The Labute approximate surface area is 109 Å². The minimum absolute atomic E-state index is 0.396. The summed E-state index contributed by atoms with van der Waals surface area (Å²) in [6, 6.07) is 4.42. The Morgan fingerprint density at radius 1 is 1.56 bits per heavy atom. The van der Waals surface area contributed by atoms with Gasteiger partial charge in [-0.15, -0.1) is 0 Å². The molecule has 92 valence electrons. The van der Waals surface area contributed by atoms with Gasteiger partial charge in [0.25, 0.3) is 5.78 Å². The molecule has 0 radical (unpaired) electrons. The molecule has 2 aromatic heterocycles. The monoisotopic (exact) mass is 262 g/mol. The van der Waals surface area contributed by atoms with E-state index in [0.717, 1.165) is 18.7 Å². The predicted molar refractivity (Wildman–Crippen MR) is 66.4 cm³/mol. The molecule has 1 aliphatic rings. The third kappa shape index (κ3) is 1.97. The first-order valence-corrected chi connectivity index (χ1v) is 6.17. The van der Waals surface area contributed by atoms with Crippen LogP contribution < -0.4 is 4.90 Å². The molecule has 0 amide bonds. The summed E-state index contributed by atoms with van der Waals surface area (Å²) in [7, 11) is 0. The summed E-state index contributed by atoms with van der Waals surface area (Å²) in [6.07, 6.45) is 4.22. The highest BCUT2D eigenvalue weighted by Gasteiger charge is 2.30. The molecular weight excluding hydrogens is 252 g/mol. The minimum atomic E-state index is 0.396. The number of aromatic nitrogens is 4. The van der Waals surface area contributed by atoms with E-state index in [2.05, 4.69) is 26.0 Å². The van der Waals surface area contributed by atoms with E-state index in [9.17, 15) is 0 Å². The summed E-state index contributed by atoms with van der Waals surface area (Å²) in [5, 5.41) is 13.3. The number of hydrogen-bond acceptors (Lipinski definition) is 5. The highest BCUT2D eigenvalue weighted by molar-refractivity contribution is 6.29. The van der Waals surface area contributed by atoms with E-state index in [1.54, 1.807) is 10.6 Å². The molecule has 2 heterocycles. The van der Waals surface area contributed by atoms with Gasteiger partial charge >= 0.3 is 0 Å². The molecule has 6 nitrogen and oxygen atoms in total. The number of rotatable bonds is 4. The molecule has 0 unspecified atom stereocenters. The number of fused-ring (bicyclic) bond motifs is 1. The van der Waals surface area contributed by atoms with Crippen molar-refractivity contribution in [1.82, 2.24) is 19.6 Å². The van der Waals surface area contributed by atoms with Gasteiger partial charge in [-0.25, -0.2) is 0 Å². The smallest absolute Gasteiger partial charge is 0.255 e. The average Bonchev–Trinajstić information content (AvgIpc) is 3.08. The van der Waals surface area contributed by atoms with Crippen LogP contribution in [-0.2, 0) is 0 Å². The van der Waals surface area contributed by atoms with Crippen molar-refractivity contribution in [3.8, 4) is 6.07 Å². The zero-order valence-corrected chi connectivity index (χ0v) is 10.4. The van der Waals surface area contributed by atoms with Crippen LogP contribution in [0.3, 0.4) is 0 Å². The highest BCUT2D eigenvalue weighted by Crippen LogP contribution is 2.32. The lowest BCUT2D eigenvalue weighted by Gasteiger charge is -2.23. The lowest BCUT2D eigenvalue weighted by molar-refractivity contribution is 0.749. The standard InChI is InChI=1S/C11H11ClN6/c12-9-6-10(18-11(16-9)14-7-15-18)17(5-1-4-13)8-2-3-8/h6-8H,1-3,5H2. The van der Waals surface area contributed by atoms with Gasteiger partial charge in [-0.05, 0) is 12.8 Å². The Kier molecular flexibility index (Phi) is 2.76. The average molecular weight is 263 g/mol. The lowest BCUT2D eigenvalue weighted by Crippen LogP contribution is -2.29. The van der Waals surface area contributed by atoms with Gasteiger partial charge in [0.1, 0.15) is 17.3 Å². The topological polar surface area (TPSA) is 70.1 Å². The SMILES string of the molecule is N#CCCN(c1cc(Cl)nc2ncnn12)C1CC1. The molecular formula is C11H11ClN6. The van der Waals surface area contributed by atoms with E-state index >= 15 is 0 Å². The minimum Gasteiger partial charge on any atom is -0.352 e. The van der Waals surface area contributed by atoms with Crippen LogP contribution in [0.4, 0.5) is 5.82 Å². The summed E-state index contributed by atoms with van der Waals surface area (Å²) in [4.78, 5) is 10.3. The predicted octanol–water partition coefficient (Wildman–Crippen LogP) is 1.66. The fourth-order valence-electron chi connectivity index (χ4n) is 2.01. The van der Waals surface area contributed by atoms with Crippen molar-refractivity contribution in [2.24, 2.45) is 0 Å². The molecule has 0 spiro atoms. The van der Waals surface area contributed by atoms with Gasteiger partial charge in [-0.1, -0.05) is 11.6 Å². The van der Waals surface area contributed by atoms with E-state index < -0.39 is 0 Å². The Balaban J connectivity index is 2.04. The van der Waals surface area contributed by atoms with Gasteiger partial charge in [-0.3, -0.25) is 0 Å². The van der Waals surface area contributed by atoms with Crippen LogP contribution in [0.2, 0.25) is 5.15 Å². The van der Waals surface area contributed by atoms with Gasteiger partial charge in [0.05, 0.1) is 12.5 Å². The maximum Gasteiger partial charge on any atom is 0.255 e. The van der Waals surface area contributed by atoms with Gasteiger partial charge in [-0.2, -0.15) is 24.8 Å². The zero-order chi connectivity index (χ0) is 12.5. The fourth-order valence-corrected chi connectivity index (χ4v) is 2.19. The summed E-state index contributed by atoms with van der Waals surface area (Å²) >= 11 is 6.00. The van der Waals surface area contributed by atoms with E-state index in [4.69, 9.17) is 16.9 Å². The fraction of sp³-hybridized carbons (Fsp3) is 0.455. The van der Waals surface area contributed by atoms with E-state index in [0.29, 0.717) is 29.9 Å². The maximum absolute atomic E-state index is 8.74. The third-order valence-electron chi connectivity index (χ3n) is 2.95. The molecule has 3 rings (SSSR count). The van der Waals surface area contributed by atoms with E-state index in [-0.39, 0.29) is 0 Å². The van der Waals surface area contributed by atoms with Crippen LogP contribution in [0.25, 0.3) is 5.78 Å². The highest BCUT2D eigenvalue weighted by atomic mass is 35.5. The van der Waals surface area contributed by atoms with Crippen molar-refractivity contribution in [3.63, 3.8) is 0 Å². The Hall–Kier alpha value is -1.87. The van der Waals surface area contributed by atoms with Crippen molar-refractivity contribution in [2.45, 2.75) is 25.3 Å². The van der Waals surface area contributed by atoms with Gasteiger partial charge in [0.2, 0.25) is 0 Å². The quantitative estimate of drug-likeness (QED) is 0.784. The molecule has 0 N–H and O–H groups in total. The van der Waals surface area contributed by atoms with Crippen LogP contribution in [0, 0.1) is 11.3 Å². The zero-order valence-electron chi connectivity index (χ0n) is 9.62. The van der Waals surface area contributed by atoms with Crippen molar-refractivity contribution in [1.29, 1.82) is 5.26 Å². The molecule has 0 aliphatic heterocycles. The Morgan fingerprint density at radius 2 is 2.39 bits per heavy atom. The van der Waals surface area contributed by atoms with E-state index in [1.807, 2.05) is 0 Å². The van der Waals surface area contributed by atoms with Crippen molar-refractivity contribution in [3.05, 3.63) is 17.5 Å². The molecule has 0 atom stereocenters. The number of hydrogen-bond donors (Lipinski definition) is 0. The molecule has 0 aromatic carbocycles. The lowest BCUT2D eigenvalue weighted by atomic mass is 10.3. The maximum atomic E-state index is 8.74. The molecule has 7 heteroatoms. The first-order chi connectivity index (χ1) is 8.79. The summed E-state index contributed by atoms with van der Waals surface area (Å²) in [5.74, 6) is 1.35. The normalized spacial score (nSPS) is 14.7. The summed E-state index contributed by atoms with van der Waals surface area (Å²) in [6.45, 7) is 0.677. The molecule has 0 bridgehead atoms. The largest absolute Gasteiger partial charge is 0.352 e.